The molecule has 4 heterocycles. The fourth-order valence-corrected chi connectivity index (χ4v) is 6.61. The van der Waals surface area contributed by atoms with Crippen molar-refractivity contribution >= 4 is 22.8 Å². The topological polar surface area (TPSA) is 84.5 Å². The summed E-state index contributed by atoms with van der Waals surface area (Å²) in [4.78, 5) is 14.5. The van der Waals surface area contributed by atoms with Gasteiger partial charge in [0.2, 0.25) is 5.95 Å². The largest absolute Gasteiger partial charge is 0.496 e. The molecule has 0 saturated carbocycles. The minimum atomic E-state index is 0.300. The normalized spacial score (nSPS) is 20.4. The number of nitrogens with one attached hydrogen (secondary N) is 1. The maximum Gasteiger partial charge on any atom is 0.222 e. The van der Waals surface area contributed by atoms with Crippen LogP contribution in [0.5, 0.6) is 5.75 Å². The maximum absolute atomic E-state index is 6.02. The zero-order valence-electron chi connectivity index (χ0n) is 24.3. The first-order chi connectivity index (χ1) is 18.9. The van der Waals surface area contributed by atoms with Crippen molar-refractivity contribution in [2.24, 2.45) is 5.92 Å². The Morgan fingerprint density at radius 2 is 1.95 bits per heavy atom. The molecule has 2 fully saturated rings. The molecule has 2 unspecified atom stereocenters. The molecule has 2 aromatic heterocycles. The lowest BCUT2D eigenvalue weighted by Gasteiger charge is -2.34. The predicted molar refractivity (Wildman–Crippen MR) is 160 cm³/mol. The molecule has 0 spiro atoms. The lowest BCUT2D eigenvalue weighted by molar-refractivity contribution is 0.137. The molecule has 2 aliphatic heterocycles. The number of aromatic nitrogens is 3. The van der Waals surface area contributed by atoms with Crippen molar-refractivity contribution in [2.45, 2.75) is 84.5 Å². The summed E-state index contributed by atoms with van der Waals surface area (Å²) in [5, 5.41) is 3.50. The van der Waals surface area contributed by atoms with Gasteiger partial charge in [-0.3, -0.25) is 9.80 Å². The zero-order chi connectivity index (χ0) is 27.4. The molecule has 8 heteroatoms. The summed E-state index contributed by atoms with van der Waals surface area (Å²) in [6.45, 7) is 13.0. The summed E-state index contributed by atoms with van der Waals surface area (Å²) in [7, 11) is 1.78. The van der Waals surface area contributed by atoms with E-state index in [0.29, 0.717) is 24.6 Å². The number of hydrogen-bond acceptors (Lipinski definition) is 7. The number of methoxy groups -OCH3 is 1. The van der Waals surface area contributed by atoms with E-state index in [1.807, 2.05) is 6.07 Å². The highest BCUT2D eigenvalue weighted by Gasteiger charge is 2.33. The van der Waals surface area contributed by atoms with E-state index >= 15 is 0 Å². The van der Waals surface area contributed by atoms with Crippen LogP contribution in [0.25, 0.3) is 11.0 Å². The Labute approximate surface area is 233 Å². The smallest absolute Gasteiger partial charge is 0.222 e. The Morgan fingerprint density at radius 1 is 1.08 bits per heavy atom. The molecular formula is C31H47N7O. The lowest BCUT2D eigenvalue weighted by Crippen LogP contribution is -2.44. The highest BCUT2D eigenvalue weighted by atomic mass is 16.5. The van der Waals surface area contributed by atoms with Crippen molar-refractivity contribution in [1.29, 1.82) is 0 Å². The minimum absolute atomic E-state index is 0.300. The highest BCUT2D eigenvalue weighted by molar-refractivity contribution is 5.87. The quantitative estimate of drug-likeness (QED) is 0.321. The fourth-order valence-electron chi connectivity index (χ4n) is 6.61. The third kappa shape index (κ3) is 6.49. The Hall–Kier alpha value is -2.84. The second kappa shape index (κ2) is 12.6. The van der Waals surface area contributed by atoms with Crippen LogP contribution in [-0.2, 0) is 13.1 Å². The molecular weight excluding hydrogens is 486 g/mol. The summed E-state index contributed by atoms with van der Waals surface area (Å²) < 4.78 is 8.12. The van der Waals surface area contributed by atoms with Crippen molar-refractivity contribution in [2.75, 3.05) is 44.3 Å². The summed E-state index contributed by atoms with van der Waals surface area (Å²) >= 11 is 0. The third-order valence-electron chi connectivity index (χ3n) is 8.54. The van der Waals surface area contributed by atoms with E-state index in [-0.39, 0.29) is 0 Å². The first-order valence-electron chi connectivity index (χ1n) is 14.9. The molecule has 1 aromatic carbocycles. The number of anilines is 2. The van der Waals surface area contributed by atoms with Crippen LogP contribution in [-0.4, -0.2) is 69.7 Å². The number of unbranched alkanes of at least 4 members (excludes halogenated alkanes) is 2. The van der Waals surface area contributed by atoms with Crippen LogP contribution in [0.1, 0.15) is 70.4 Å². The summed E-state index contributed by atoms with van der Waals surface area (Å²) in [6.07, 6.45) is 9.60. The first-order valence-corrected chi connectivity index (χ1v) is 14.9. The van der Waals surface area contributed by atoms with E-state index in [9.17, 15) is 0 Å². The third-order valence-corrected chi connectivity index (χ3v) is 8.54. The molecule has 0 radical (unpaired) electrons. The molecule has 2 bridgehead atoms. The lowest BCUT2D eigenvalue weighted by atomic mass is 9.99. The van der Waals surface area contributed by atoms with Gasteiger partial charge >= 0.3 is 0 Å². The number of ether oxygens (including phenoxy) is 1. The van der Waals surface area contributed by atoms with Crippen molar-refractivity contribution in [3.8, 4) is 5.75 Å². The molecule has 2 saturated heterocycles. The van der Waals surface area contributed by atoms with Gasteiger partial charge in [-0.05, 0) is 56.7 Å². The Kier molecular flexibility index (Phi) is 8.92. The van der Waals surface area contributed by atoms with Gasteiger partial charge in [-0.1, -0.05) is 38.3 Å². The van der Waals surface area contributed by atoms with Crippen molar-refractivity contribution < 1.29 is 4.74 Å². The van der Waals surface area contributed by atoms with E-state index in [1.165, 1.54) is 50.8 Å². The average Bonchev–Trinajstić information content (AvgIpc) is 3.08. The minimum Gasteiger partial charge on any atom is -0.496 e. The number of nitrogen functional groups attached to an aromatic ring is 1. The second-order valence-electron chi connectivity index (χ2n) is 11.8. The van der Waals surface area contributed by atoms with Crippen LogP contribution >= 0.6 is 0 Å². The van der Waals surface area contributed by atoms with Crippen LogP contribution in [0, 0.1) is 5.92 Å². The molecule has 0 amide bonds. The van der Waals surface area contributed by atoms with Crippen molar-refractivity contribution in [3.63, 3.8) is 0 Å². The van der Waals surface area contributed by atoms with E-state index in [1.54, 1.807) is 7.11 Å². The van der Waals surface area contributed by atoms with Crippen LogP contribution in [0.2, 0.25) is 0 Å². The Bertz CT molecular complexity index is 1240. The Balaban J connectivity index is 1.33. The van der Waals surface area contributed by atoms with Crippen LogP contribution in [0.3, 0.4) is 0 Å². The van der Waals surface area contributed by atoms with Crippen LogP contribution < -0.4 is 15.8 Å². The van der Waals surface area contributed by atoms with E-state index in [0.717, 1.165) is 60.1 Å². The van der Waals surface area contributed by atoms with E-state index in [2.05, 4.69) is 74.8 Å². The van der Waals surface area contributed by atoms with Gasteiger partial charge in [-0.25, -0.2) is 4.98 Å². The van der Waals surface area contributed by atoms with Gasteiger partial charge in [0.05, 0.1) is 19.2 Å². The number of nitrogens with zero attached hydrogens (tertiary/aromatic N) is 5. The van der Waals surface area contributed by atoms with Gasteiger partial charge in [0.15, 0.2) is 5.82 Å². The van der Waals surface area contributed by atoms with E-state index < -0.39 is 0 Å². The molecule has 212 valence electrons. The van der Waals surface area contributed by atoms with Crippen molar-refractivity contribution in [3.05, 3.63) is 41.6 Å². The van der Waals surface area contributed by atoms with Gasteiger partial charge in [0, 0.05) is 56.6 Å². The molecule has 8 nitrogen and oxygen atoms in total. The van der Waals surface area contributed by atoms with E-state index in [4.69, 9.17) is 10.5 Å². The van der Waals surface area contributed by atoms with Gasteiger partial charge in [-0.15, -0.1) is 0 Å². The number of fused-ring (bicyclic) bond motifs is 4. The fraction of sp³-hybridized carbons (Fsp3) is 0.613. The molecule has 39 heavy (non-hydrogen) atoms. The van der Waals surface area contributed by atoms with Gasteiger partial charge < -0.3 is 20.4 Å². The van der Waals surface area contributed by atoms with Crippen LogP contribution in [0.15, 0.2) is 30.5 Å². The molecule has 2 aliphatic rings. The Morgan fingerprint density at radius 3 is 2.74 bits per heavy atom. The summed E-state index contributed by atoms with van der Waals surface area (Å²) in [5.41, 5.74) is 10.3. The number of benzene rings is 1. The van der Waals surface area contributed by atoms with Gasteiger partial charge in [0.1, 0.15) is 11.3 Å². The molecule has 5 rings (SSSR count). The standard InChI is InChI=1S/C31H47N7O/c1-5-6-7-14-33-30-29-27(34-31(32)35-30)13-15-37(29)20-25-12-11-23(16-28(25)39-4)17-36-18-24-9-8-10-26(21-36)38(19-24)22(2)3/h11-13,15-16,22,24,26H,5-10,14,17-21H2,1-4H3,(H3,32,33,34,35). The monoisotopic (exact) mass is 533 g/mol. The number of likely N-dealkylation sites (tertiary alicyclic amines) is 1. The van der Waals surface area contributed by atoms with Crippen LogP contribution in [0.4, 0.5) is 11.8 Å². The number of hydrogen-bond donors (Lipinski definition) is 2. The molecule has 2 atom stereocenters. The first kappa shape index (κ1) is 27.7. The average molecular weight is 534 g/mol. The second-order valence-corrected chi connectivity index (χ2v) is 11.8. The predicted octanol–water partition coefficient (Wildman–Crippen LogP) is 5.37. The highest BCUT2D eigenvalue weighted by Crippen LogP contribution is 2.31. The molecule has 3 aromatic rings. The van der Waals surface area contributed by atoms with Gasteiger partial charge in [0.25, 0.3) is 0 Å². The molecule has 3 N–H and O–H groups in total. The molecule has 0 aliphatic carbocycles. The van der Waals surface area contributed by atoms with Gasteiger partial charge in [-0.2, -0.15) is 4.98 Å². The maximum atomic E-state index is 6.02. The summed E-state index contributed by atoms with van der Waals surface area (Å²) in [5.74, 6) is 2.80. The number of nitrogens with two attached hydrogens (primary N) is 1. The zero-order valence-corrected chi connectivity index (χ0v) is 24.3. The number of rotatable bonds is 11. The van der Waals surface area contributed by atoms with Crippen molar-refractivity contribution in [1.82, 2.24) is 24.3 Å². The summed E-state index contributed by atoms with van der Waals surface area (Å²) in [6, 6.07) is 10.0. The SMILES string of the molecule is CCCCCNc1nc(N)nc2ccn(Cc3ccc(CN4CC5CCCC(C4)N(C(C)C)C5)cc3OC)c12.